The summed E-state index contributed by atoms with van der Waals surface area (Å²) in [4.78, 5) is 10.9. The maximum absolute atomic E-state index is 10.9. The van der Waals surface area contributed by atoms with Gasteiger partial charge in [-0.25, -0.2) is 4.79 Å². The predicted octanol–water partition coefficient (Wildman–Crippen LogP) is 1.35. The van der Waals surface area contributed by atoms with E-state index in [-0.39, 0.29) is 0 Å². The van der Waals surface area contributed by atoms with Crippen LogP contribution in [0.2, 0.25) is 0 Å². The molecule has 0 aromatic carbocycles. The number of aliphatic hydroxyl groups is 1. The van der Waals surface area contributed by atoms with Crippen LogP contribution in [0.4, 0.5) is 0 Å². The number of carbonyl (C=O) groups is 1. The van der Waals surface area contributed by atoms with E-state index in [1.54, 1.807) is 6.92 Å². The zero-order chi connectivity index (χ0) is 9.56. The monoisotopic (exact) mass is 174 g/mol. The Labute approximate surface area is 73.7 Å². The molecule has 3 heteroatoms. The van der Waals surface area contributed by atoms with Gasteiger partial charge in [0.15, 0.2) is 6.10 Å². The van der Waals surface area contributed by atoms with Gasteiger partial charge in [0.05, 0.1) is 6.61 Å². The molecule has 72 valence electrons. The van der Waals surface area contributed by atoms with Crippen molar-refractivity contribution in [2.24, 2.45) is 5.92 Å². The lowest BCUT2D eigenvalue weighted by molar-refractivity contribution is -0.153. The SMILES string of the molecule is CCOC(=O)C(O)CC(C)CC. The number of aliphatic hydroxyl groups excluding tert-OH is 1. The first-order chi connectivity index (χ1) is 5.61. The first-order valence-electron chi connectivity index (χ1n) is 4.46. The van der Waals surface area contributed by atoms with Crippen LogP contribution in [0.25, 0.3) is 0 Å². The van der Waals surface area contributed by atoms with Crippen LogP contribution in [0.5, 0.6) is 0 Å². The molecule has 0 radical (unpaired) electrons. The average Bonchev–Trinajstić information content (AvgIpc) is 2.04. The van der Waals surface area contributed by atoms with E-state index >= 15 is 0 Å². The Kier molecular flexibility index (Phi) is 5.72. The van der Waals surface area contributed by atoms with Crippen LogP contribution in [-0.4, -0.2) is 23.8 Å². The van der Waals surface area contributed by atoms with Crippen molar-refractivity contribution in [1.82, 2.24) is 0 Å². The van der Waals surface area contributed by atoms with Gasteiger partial charge < -0.3 is 9.84 Å². The summed E-state index contributed by atoms with van der Waals surface area (Å²) in [5, 5.41) is 9.28. The van der Waals surface area contributed by atoms with Gasteiger partial charge in [0.1, 0.15) is 0 Å². The number of esters is 1. The maximum Gasteiger partial charge on any atom is 0.334 e. The third-order valence-corrected chi connectivity index (χ3v) is 1.88. The van der Waals surface area contributed by atoms with Gasteiger partial charge in [-0.1, -0.05) is 20.3 Å². The highest BCUT2D eigenvalue weighted by molar-refractivity contribution is 5.74. The van der Waals surface area contributed by atoms with Crippen molar-refractivity contribution in [3.8, 4) is 0 Å². The molecule has 0 bridgehead atoms. The smallest absolute Gasteiger partial charge is 0.334 e. The molecule has 0 spiro atoms. The topological polar surface area (TPSA) is 46.5 Å². The highest BCUT2D eigenvalue weighted by atomic mass is 16.5. The van der Waals surface area contributed by atoms with Crippen molar-refractivity contribution in [3.05, 3.63) is 0 Å². The summed E-state index contributed by atoms with van der Waals surface area (Å²) in [5.41, 5.74) is 0. The molecule has 0 aliphatic heterocycles. The summed E-state index contributed by atoms with van der Waals surface area (Å²) < 4.78 is 4.66. The van der Waals surface area contributed by atoms with Crippen LogP contribution in [0.1, 0.15) is 33.6 Å². The van der Waals surface area contributed by atoms with Gasteiger partial charge in [-0.2, -0.15) is 0 Å². The molecular formula is C9H18O3. The van der Waals surface area contributed by atoms with E-state index in [9.17, 15) is 9.90 Å². The van der Waals surface area contributed by atoms with Crippen molar-refractivity contribution in [1.29, 1.82) is 0 Å². The highest BCUT2D eigenvalue weighted by Crippen LogP contribution is 2.10. The van der Waals surface area contributed by atoms with Crippen molar-refractivity contribution in [2.75, 3.05) is 6.61 Å². The molecule has 12 heavy (non-hydrogen) atoms. The Morgan fingerprint density at radius 2 is 2.08 bits per heavy atom. The van der Waals surface area contributed by atoms with E-state index < -0.39 is 12.1 Å². The second kappa shape index (κ2) is 6.00. The van der Waals surface area contributed by atoms with E-state index in [4.69, 9.17) is 0 Å². The van der Waals surface area contributed by atoms with Crippen LogP contribution in [0.15, 0.2) is 0 Å². The zero-order valence-electron chi connectivity index (χ0n) is 8.04. The van der Waals surface area contributed by atoms with Gasteiger partial charge in [0.25, 0.3) is 0 Å². The van der Waals surface area contributed by atoms with E-state index in [1.807, 2.05) is 13.8 Å². The summed E-state index contributed by atoms with van der Waals surface area (Å²) in [6.07, 6.45) is 0.520. The molecule has 0 fully saturated rings. The minimum atomic E-state index is -0.945. The Morgan fingerprint density at radius 1 is 1.50 bits per heavy atom. The zero-order valence-corrected chi connectivity index (χ0v) is 8.04. The van der Waals surface area contributed by atoms with Crippen LogP contribution >= 0.6 is 0 Å². The Bertz CT molecular complexity index is 134. The molecule has 0 amide bonds. The lowest BCUT2D eigenvalue weighted by Gasteiger charge is -2.13. The summed E-state index contributed by atoms with van der Waals surface area (Å²) in [6, 6.07) is 0. The fourth-order valence-electron chi connectivity index (χ4n) is 0.882. The third kappa shape index (κ3) is 4.34. The number of ether oxygens (including phenoxy) is 1. The summed E-state index contributed by atoms with van der Waals surface area (Å²) in [6.45, 7) is 6.09. The predicted molar refractivity (Wildman–Crippen MR) is 46.7 cm³/mol. The molecule has 0 rings (SSSR count). The van der Waals surface area contributed by atoms with Gasteiger partial charge in [0.2, 0.25) is 0 Å². The molecule has 0 aliphatic rings. The minimum Gasteiger partial charge on any atom is -0.464 e. The Morgan fingerprint density at radius 3 is 2.50 bits per heavy atom. The van der Waals surface area contributed by atoms with Crippen molar-refractivity contribution in [3.63, 3.8) is 0 Å². The first kappa shape index (κ1) is 11.4. The number of rotatable bonds is 5. The van der Waals surface area contributed by atoms with Crippen molar-refractivity contribution in [2.45, 2.75) is 39.7 Å². The number of hydrogen-bond donors (Lipinski definition) is 1. The molecule has 0 aromatic heterocycles. The quantitative estimate of drug-likeness (QED) is 0.640. The molecule has 0 heterocycles. The van der Waals surface area contributed by atoms with Crippen molar-refractivity contribution < 1.29 is 14.6 Å². The van der Waals surface area contributed by atoms with Crippen LogP contribution in [-0.2, 0) is 9.53 Å². The van der Waals surface area contributed by atoms with E-state index in [0.29, 0.717) is 18.9 Å². The standard InChI is InChI=1S/C9H18O3/c1-4-7(3)6-8(10)9(11)12-5-2/h7-8,10H,4-6H2,1-3H3. The second-order valence-electron chi connectivity index (χ2n) is 3.02. The molecular weight excluding hydrogens is 156 g/mol. The fourth-order valence-corrected chi connectivity index (χ4v) is 0.882. The van der Waals surface area contributed by atoms with Gasteiger partial charge in [-0.15, -0.1) is 0 Å². The van der Waals surface area contributed by atoms with E-state index in [2.05, 4.69) is 4.74 Å². The van der Waals surface area contributed by atoms with Crippen LogP contribution < -0.4 is 0 Å². The normalized spacial score (nSPS) is 15.3. The van der Waals surface area contributed by atoms with Crippen LogP contribution in [0, 0.1) is 5.92 Å². The van der Waals surface area contributed by atoms with Crippen molar-refractivity contribution >= 4 is 5.97 Å². The van der Waals surface area contributed by atoms with Gasteiger partial charge >= 0.3 is 5.97 Å². The number of hydrogen-bond acceptors (Lipinski definition) is 3. The van der Waals surface area contributed by atoms with Gasteiger partial charge in [-0.3, -0.25) is 0 Å². The molecule has 2 atom stereocenters. The maximum atomic E-state index is 10.9. The largest absolute Gasteiger partial charge is 0.464 e. The summed E-state index contributed by atoms with van der Waals surface area (Å²) in [5.74, 6) is -0.137. The second-order valence-corrected chi connectivity index (χ2v) is 3.02. The minimum absolute atomic E-state index is 0.330. The average molecular weight is 174 g/mol. The summed E-state index contributed by atoms with van der Waals surface area (Å²) in [7, 11) is 0. The van der Waals surface area contributed by atoms with Gasteiger partial charge in [0, 0.05) is 0 Å². The van der Waals surface area contributed by atoms with E-state index in [0.717, 1.165) is 6.42 Å². The lowest BCUT2D eigenvalue weighted by atomic mass is 10.0. The molecule has 2 unspecified atom stereocenters. The van der Waals surface area contributed by atoms with Crippen LogP contribution in [0.3, 0.4) is 0 Å². The molecule has 3 nitrogen and oxygen atoms in total. The van der Waals surface area contributed by atoms with Gasteiger partial charge in [-0.05, 0) is 19.3 Å². The third-order valence-electron chi connectivity index (χ3n) is 1.88. The molecule has 0 saturated heterocycles. The fraction of sp³-hybridized carbons (Fsp3) is 0.889. The Hall–Kier alpha value is -0.570. The molecule has 0 saturated carbocycles. The number of carbonyl (C=O) groups excluding carboxylic acids is 1. The molecule has 1 N–H and O–H groups in total. The first-order valence-corrected chi connectivity index (χ1v) is 4.46. The molecule has 0 aliphatic carbocycles. The summed E-state index contributed by atoms with van der Waals surface area (Å²) >= 11 is 0. The lowest BCUT2D eigenvalue weighted by Crippen LogP contribution is -2.25. The highest BCUT2D eigenvalue weighted by Gasteiger charge is 2.17. The van der Waals surface area contributed by atoms with E-state index in [1.165, 1.54) is 0 Å². The molecule has 0 aromatic rings. The Balaban J connectivity index is 3.70.